The largest absolute Gasteiger partial charge is 0.397 e. The molecule has 0 saturated carbocycles. The maximum absolute atomic E-state index is 11.9. The van der Waals surface area contributed by atoms with Gasteiger partial charge in [-0.3, -0.25) is 19.3 Å². The van der Waals surface area contributed by atoms with Crippen molar-refractivity contribution in [3.63, 3.8) is 0 Å². The van der Waals surface area contributed by atoms with Gasteiger partial charge in [-0.05, 0) is 31.0 Å². The summed E-state index contributed by atoms with van der Waals surface area (Å²) in [6, 6.07) is 5.26. The average molecular weight is 275 g/mol. The zero-order valence-electron chi connectivity index (χ0n) is 11.3. The quantitative estimate of drug-likeness (QED) is 0.637. The Morgan fingerprint density at radius 3 is 2.55 bits per heavy atom. The molecule has 0 spiro atoms. The van der Waals surface area contributed by atoms with Crippen LogP contribution in [0.1, 0.15) is 24.8 Å². The van der Waals surface area contributed by atoms with Crippen LogP contribution in [0.2, 0.25) is 0 Å². The molecule has 3 N–H and O–H groups in total. The summed E-state index contributed by atoms with van der Waals surface area (Å²) in [7, 11) is 0. The highest BCUT2D eigenvalue weighted by Crippen LogP contribution is 2.19. The van der Waals surface area contributed by atoms with Crippen LogP contribution in [-0.4, -0.2) is 29.2 Å². The summed E-state index contributed by atoms with van der Waals surface area (Å²) >= 11 is 0. The van der Waals surface area contributed by atoms with Crippen molar-refractivity contribution in [2.75, 3.05) is 17.6 Å². The van der Waals surface area contributed by atoms with Gasteiger partial charge in [-0.25, -0.2) is 0 Å². The van der Waals surface area contributed by atoms with Crippen LogP contribution in [-0.2, 0) is 14.4 Å². The average Bonchev–Trinajstić information content (AvgIpc) is 2.37. The third-order valence-corrected chi connectivity index (χ3v) is 3.17. The molecule has 1 aliphatic rings. The van der Waals surface area contributed by atoms with Crippen molar-refractivity contribution >= 4 is 29.1 Å². The molecule has 1 heterocycles. The van der Waals surface area contributed by atoms with Gasteiger partial charge in [0.1, 0.15) is 6.54 Å². The van der Waals surface area contributed by atoms with Crippen molar-refractivity contribution in [3.05, 3.63) is 23.8 Å². The number of piperidine rings is 1. The minimum Gasteiger partial charge on any atom is -0.397 e. The van der Waals surface area contributed by atoms with Crippen LogP contribution in [0.4, 0.5) is 11.4 Å². The molecule has 1 aromatic carbocycles. The van der Waals surface area contributed by atoms with Gasteiger partial charge in [-0.1, -0.05) is 6.07 Å². The maximum Gasteiger partial charge on any atom is 0.244 e. The van der Waals surface area contributed by atoms with Crippen molar-refractivity contribution in [1.29, 1.82) is 0 Å². The monoisotopic (exact) mass is 275 g/mol. The number of anilines is 2. The molecule has 6 nitrogen and oxygen atoms in total. The van der Waals surface area contributed by atoms with Gasteiger partial charge < -0.3 is 11.1 Å². The molecule has 1 saturated heterocycles. The SMILES string of the molecule is Cc1ccc(NC(=O)CN2C(=O)CCCC2=O)c(N)c1. The van der Waals surface area contributed by atoms with E-state index < -0.39 is 5.91 Å². The lowest BCUT2D eigenvalue weighted by Crippen LogP contribution is -2.44. The molecule has 0 radical (unpaired) electrons. The number of nitrogens with zero attached hydrogens (tertiary/aromatic N) is 1. The van der Waals surface area contributed by atoms with Crippen molar-refractivity contribution < 1.29 is 14.4 Å². The van der Waals surface area contributed by atoms with Gasteiger partial charge in [-0.15, -0.1) is 0 Å². The van der Waals surface area contributed by atoms with Gasteiger partial charge in [0.2, 0.25) is 17.7 Å². The molecule has 0 unspecified atom stereocenters. The zero-order valence-corrected chi connectivity index (χ0v) is 11.3. The molecule has 1 aliphatic heterocycles. The van der Waals surface area contributed by atoms with Gasteiger partial charge in [0, 0.05) is 12.8 Å². The van der Waals surface area contributed by atoms with Crippen LogP contribution < -0.4 is 11.1 Å². The van der Waals surface area contributed by atoms with Gasteiger partial charge in [0.05, 0.1) is 11.4 Å². The lowest BCUT2D eigenvalue weighted by molar-refractivity contribution is -0.150. The molecule has 0 aliphatic carbocycles. The Bertz CT molecular complexity index is 553. The predicted octanol–water partition coefficient (Wildman–Crippen LogP) is 1.05. The second-order valence-electron chi connectivity index (χ2n) is 4.87. The van der Waals surface area contributed by atoms with E-state index in [-0.39, 0.29) is 18.4 Å². The summed E-state index contributed by atoms with van der Waals surface area (Å²) in [5.41, 5.74) is 7.72. The van der Waals surface area contributed by atoms with E-state index in [0.29, 0.717) is 30.6 Å². The number of amides is 3. The van der Waals surface area contributed by atoms with Crippen LogP contribution in [0.5, 0.6) is 0 Å². The highest BCUT2D eigenvalue weighted by atomic mass is 16.2. The Morgan fingerprint density at radius 2 is 1.95 bits per heavy atom. The normalized spacial score (nSPS) is 15.3. The number of rotatable bonds is 3. The van der Waals surface area contributed by atoms with E-state index in [2.05, 4.69) is 5.32 Å². The first-order valence-corrected chi connectivity index (χ1v) is 6.46. The summed E-state index contributed by atoms with van der Waals surface area (Å²) in [4.78, 5) is 36.1. The first-order valence-electron chi connectivity index (χ1n) is 6.46. The molecule has 0 aromatic heterocycles. The van der Waals surface area contributed by atoms with Crippen LogP contribution in [0.25, 0.3) is 0 Å². The van der Waals surface area contributed by atoms with E-state index in [1.54, 1.807) is 12.1 Å². The molecule has 20 heavy (non-hydrogen) atoms. The van der Waals surface area contributed by atoms with Crippen molar-refractivity contribution in [2.24, 2.45) is 0 Å². The number of carbonyl (C=O) groups excluding carboxylic acids is 3. The second kappa shape index (κ2) is 5.73. The van der Waals surface area contributed by atoms with Crippen LogP contribution in [0, 0.1) is 6.92 Å². The van der Waals surface area contributed by atoms with E-state index in [4.69, 9.17) is 5.73 Å². The third kappa shape index (κ3) is 3.14. The summed E-state index contributed by atoms with van der Waals surface area (Å²) in [5, 5.41) is 2.62. The molecule has 0 atom stereocenters. The minimum atomic E-state index is -0.427. The molecule has 2 rings (SSSR count). The fourth-order valence-corrected chi connectivity index (χ4v) is 2.11. The smallest absolute Gasteiger partial charge is 0.244 e. The number of aryl methyl sites for hydroxylation is 1. The summed E-state index contributed by atoms with van der Waals surface area (Å²) < 4.78 is 0. The maximum atomic E-state index is 11.9. The van der Waals surface area contributed by atoms with E-state index >= 15 is 0 Å². The molecule has 106 valence electrons. The zero-order chi connectivity index (χ0) is 14.7. The number of carbonyl (C=O) groups is 3. The summed E-state index contributed by atoms with van der Waals surface area (Å²) in [6.07, 6.45) is 1.18. The molecule has 0 bridgehead atoms. The number of benzene rings is 1. The van der Waals surface area contributed by atoms with E-state index in [1.807, 2.05) is 13.0 Å². The first kappa shape index (κ1) is 14.0. The number of nitrogens with two attached hydrogens (primary N) is 1. The molecular weight excluding hydrogens is 258 g/mol. The van der Waals surface area contributed by atoms with Gasteiger partial charge >= 0.3 is 0 Å². The minimum absolute atomic E-state index is 0.259. The molecule has 3 amide bonds. The van der Waals surface area contributed by atoms with E-state index in [9.17, 15) is 14.4 Å². The first-order chi connectivity index (χ1) is 9.47. The Balaban J connectivity index is 2.01. The Labute approximate surface area is 116 Å². The summed E-state index contributed by atoms with van der Waals surface area (Å²) in [6.45, 7) is 1.64. The van der Waals surface area contributed by atoms with Crippen LogP contribution >= 0.6 is 0 Å². The second-order valence-corrected chi connectivity index (χ2v) is 4.87. The van der Waals surface area contributed by atoms with Gasteiger partial charge in [0.25, 0.3) is 0 Å². The number of likely N-dealkylation sites (tertiary alicyclic amines) is 1. The van der Waals surface area contributed by atoms with Crippen molar-refractivity contribution in [1.82, 2.24) is 4.90 Å². The van der Waals surface area contributed by atoms with E-state index in [0.717, 1.165) is 10.5 Å². The van der Waals surface area contributed by atoms with Crippen LogP contribution in [0.3, 0.4) is 0 Å². The number of imide groups is 1. The summed E-state index contributed by atoms with van der Waals surface area (Å²) in [5.74, 6) is -1.02. The Kier molecular flexibility index (Phi) is 4.02. The lowest BCUT2D eigenvalue weighted by atomic mass is 10.1. The van der Waals surface area contributed by atoms with Crippen molar-refractivity contribution in [2.45, 2.75) is 26.2 Å². The van der Waals surface area contributed by atoms with E-state index in [1.165, 1.54) is 0 Å². The highest BCUT2D eigenvalue weighted by molar-refractivity contribution is 6.03. The topological polar surface area (TPSA) is 92.5 Å². The predicted molar refractivity (Wildman–Crippen MR) is 74.8 cm³/mol. The standard InChI is InChI=1S/C14H17N3O3/c1-9-5-6-11(10(15)7-9)16-12(18)8-17-13(19)3-2-4-14(17)20/h5-7H,2-4,8,15H2,1H3,(H,16,18). The van der Waals surface area contributed by atoms with Crippen LogP contribution in [0.15, 0.2) is 18.2 Å². The molecule has 6 heteroatoms. The van der Waals surface area contributed by atoms with Gasteiger partial charge in [-0.2, -0.15) is 0 Å². The fourth-order valence-electron chi connectivity index (χ4n) is 2.11. The highest BCUT2D eigenvalue weighted by Gasteiger charge is 2.27. The number of nitrogens with one attached hydrogen (secondary N) is 1. The number of nitrogen functional groups attached to an aromatic ring is 1. The van der Waals surface area contributed by atoms with Crippen molar-refractivity contribution in [3.8, 4) is 0 Å². The molecule has 1 aromatic rings. The molecular formula is C14H17N3O3. The Morgan fingerprint density at radius 1 is 1.30 bits per heavy atom. The lowest BCUT2D eigenvalue weighted by Gasteiger charge is -2.24. The Hall–Kier alpha value is -2.37. The van der Waals surface area contributed by atoms with Gasteiger partial charge in [0.15, 0.2) is 0 Å². The molecule has 1 fully saturated rings. The number of hydrogen-bond donors (Lipinski definition) is 2. The third-order valence-electron chi connectivity index (χ3n) is 3.17. The fraction of sp³-hybridized carbons (Fsp3) is 0.357. The number of hydrogen-bond acceptors (Lipinski definition) is 4.